The van der Waals surface area contributed by atoms with Gasteiger partial charge in [0.05, 0.1) is 12.6 Å². The molecule has 0 aromatic heterocycles. The zero-order chi connectivity index (χ0) is 32.5. The molecule has 2 N–H and O–H groups in total. The predicted molar refractivity (Wildman–Crippen MR) is 172 cm³/mol. The van der Waals surface area contributed by atoms with Crippen molar-refractivity contribution in [1.29, 1.82) is 0 Å². The van der Waals surface area contributed by atoms with Gasteiger partial charge in [-0.3, -0.25) is 9.59 Å². The molecule has 3 atom stereocenters. The van der Waals surface area contributed by atoms with Crippen LogP contribution in [0.3, 0.4) is 0 Å². The highest BCUT2D eigenvalue weighted by Gasteiger charge is 2.62. The van der Waals surface area contributed by atoms with E-state index in [2.05, 4.69) is 10.6 Å². The maximum absolute atomic E-state index is 14.8. The lowest BCUT2D eigenvalue weighted by molar-refractivity contribution is -0.163. The van der Waals surface area contributed by atoms with Crippen molar-refractivity contribution >= 4 is 46.7 Å². The molecule has 238 valence electrons. The lowest BCUT2D eigenvalue weighted by Crippen LogP contribution is -2.57. The number of esters is 1. The van der Waals surface area contributed by atoms with Gasteiger partial charge in [-0.05, 0) is 85.8 Å². The number of aryl methyl sites for hydroxylation is 1. The minimum absolute atomic E-state index is 0.106. The fraction of sp³-hybridized carbons (Fsp3) is 0.400. The average Bonchev–Trinajstić information content (AvgIpc) is 3.27. The number of ether oxygens (including phenoxy) is 2. The molecule has 1 fully saturated rings. The Morgan fingerprint density at radius 3 is 2.36 bits per heavy atom. The third-order valence-corrected chi connectivity index (χ3v) is 9.38. The molecule has 0 aliphatic carbocycles. The van der Waals surface area contributed by atoms with Crippen LogP contribution in [0.4, 0.5) is 10.1 Å². The van der Waals surface area contributed by atoms with E-state index in [1.165, 1.54) is 12.1 Å². The van der Waals surface area contributed by atoms with E-state index in [9.17, 15) is 18.8 Å². The number of benzene rings is 3. The molecule has 2 heterocycles. The summed E-state index contributed by atoms with van der Waals surface area (Å²) in [5.41, 5.74) is -0.0173. The zero-order valence-electron chi connectivity index (χ0n) is 25.8. The van der Waals surface area contributed by atoms with E-state index in [0.717, 1.165) is 0 Å². The number of rotatable bonds is 10. The van der Waals surface area contributed by atoms with Crippen molar-refractivity contribution in [1.82, 2.24) is 5.32 Å². The Balaban J connectivity index is 1.79. The van der Waals surface area contributed by atoms with Gasteiger partial charge in [-0.2, -0.15) is 0 Å². The number of fused-ring (bicyclic) bond motifs is 2. The van der Waals surface area contributed by atoms with Gasteiger partial charge in [0.2, 0.25) is 17.4 Å². The third kappa shape index (κ3) is 5.79. The Morgan fingerprint density at radius 1 is 0.978 bits per heavy atom. The largest absolute Gasteiger partial charge is 0.475 e. The molecular formula is C35H37Cl2FN2O5. The van der Waals surface area contributed by atoms with Gasteiger partial charge in [-0.15, -0.1) is 0 Å². The first-order valence-corrected chi connectivity index (χ1v) is 16.1. The lowest BCUT2D eigenvalue weighted by Gasteiger charge is -2.47. The van der Waals surface area contributed by atoms with Crippen molar-refractivity contribution < 1.29 is 28.2 Å². The standard InChI is InChI=1S/C35H37Cl2FN2O5/c1-5-14-34(15-6-2,33(43)44-7-3)45-29-13-10-21(36)16-25(29)27-19-30(41)40-31(24-18-23(38)11-8-20(24)4)35(27)26-12-9-22(37)17-28(26)39-32(35)42/h8-13,16-18,27,31H,5-7,14-15,19H2,1-4H3,(H,39,42)(H,40,41)/t27-,31+,35-/m1/s1. The van der Waals surface area contributed by atoms with Crippen molar-refractivity contribution in [2.24, 2.45) is 0 Å². The molecule has 0 radical (unpaired) electrons. The molecule has 0 saturated carbocycles. The van der Waals surface area contributed by atoms with Crippen LogP contribution in [0.15, 0.2) is 54.6 Å². The van der Waals surface area contributed by atoms with Crippen molar-refractivity contribution in [2.45, 2.75) is 82.8 Å². The molecular weight excluding hydrogens is 618 g/mol. The van der Waals surface area contributed by atoms with E-state index in [1.807, 2.05) is 20.8 Å². The molecule has 0 bridgehead atoms. The number of piperidine rings is 1. The van der Waals surface area contributed by atoms with Gasteiger partial charge in [-0.1, -0.05) is 62.0 Å². The molecule has 10 heteroatoms. The Labute approximate surface area is 272 Å². The van der Waals surface area contributed by atoms with Crippen LogP contribution < -0.4 is 15.4 Å². The van der Waals surface area contributed by atoms with Crippen molar-refractivity contribution in [3.05, 3.63) is 92.7 Å². The molecule has 0 unspecified atom stereocenters. The summed E-state index contributed by atoms with van der Waals surface area (Å²) < 4.78 is 27.1. The third-order valence-electron chi connectivity index (χ3n) is 8.91. The summed E-state index contributed by atoms with van der Waals surface area (Å²) in [6.07, 6.45) is 1.98. The van der Waals surface area contributed by atoms with Crippen LogP contribution in [0.1, 0.15) is 87.1 Å². The number of carbonyl (C=O) groups is 3. The first-order chi connectivity index (χ1) is 21.5. The monoisotopic (exact) mass is 654 g/mol. The SMILES string of the molecule is CCCC(CCC)(Oc1ccc(Cl)cc1[C@H]1CC(=O)N[C@@H](c2cc(F)ccc2C)[C@]12C(=O)Nc1cc(Cl)ccc12)C(=O)OCC. The van der Waals surface area contributed by atoms with Crippen LogP contribution in [0.25, 0.3) is 0 Å². The van der Waals surface area contributed by atoms with Crippen molar-refractivity contribution in [2.75, 3.05) is 11.9 Å². The van der Waals surface area contributed by atoms with Gasteiger partial charge >= 0.3 is 5.97 Å². The number of hydrogen-bond donors (Lipinski definition) is 2. The second kappa shape index (κ2) is 13.0. The van der Waals surface area contributed by atoms with E-state index in [0.29, 0.717) is 69.4 Å². The number of hydrogen-bond acceptors (Lipinski definition) is 5. The van der Waals surface area contributed by atoms with Crippen LogP contribution >= 0.6 is 23.2 Å². The average molecular weight is 656 g/mol. The molecule has 7 nitrogen and oxygen atoms in total. The Morgan fingerprint density at radius 2 is 1.67 bits per heavy atom. The smallest absolute Gasteiger partial charge is 0.350 e. The van der Waals surface area contributed by atoms with Gasteiger partial charge in [0.25, 0.3) is 0 Å². The minimum atomic E-state index is -1.46. The van der Waals surface area contributed by atoms with Gasteiger partial charge in [0, 0.05) is 33.6 Å². The number of amides is 2. The van der Waals surface area contributed by atoms with Crippen LogP contribution in [0.2, 0.25) is 10.0 Å². The Hall–Kier alpha value is -3.62. The van der Waals surface area contributed by atoms with Crippen LogP contribution in [0.5, 0.6) is 5.75 Å². The summed E-state index contributed by atoms with van der Waals surface area (Å²) in [6.45, 7) is 7.67. The first kappa shape index (κ1) is 32.8. The second-order valence-electron chi connectivity index (χ2n) is 11.8. The van der Waals surface area contributed by atoms with Crippen LogP contribution in [0, 0.1) is 12.7 Å². The summed E-state index contributed by atoms with van der Waals surface area (Å²) in [7, 11) is 0. The van der Waals surface area contributed by atoms with E-state index in [4.69, 9.17) is 32.7 Å². The van der Waals surface area contributed by atoms with Gasteiger partial charge in [0.15, 0.2) is 0 Å². The van der Waals surface area contributed by atoms with Crippen LogP contribution in [-0.4, -0.2) is 30.0 Å². The Kier molecular flexibility index (Phi) is 9.47. The molecule has 2 aliphatic rings. The van der Waals surface area contributed by atoms with Crippen LogP contribution in [-0.2, 0) is 24.5 Å². The van der Waals surface area contributed by atoms with Gasteiger partial charge in [0.1, 0.15) is 17.0 Å². The molecule has 3 aromatic rings. The van der Waals surface area contributed by atoms with Crippen molar-refractivity contribution in [3.8, 4) is 5.75 Å². The predicted octanol–water partition coefficient (Wildman–Crippen LogP) is 7.96. The summed E-state index contributed by atoms with van der Waals surface area (Å²) in [4.78, 5) is 41.6. The molecule has 45 heavy (non-hydrogen) atoms. The number of halogens is 3. The fourth-order valence-corrected chi connectivity index (χ4v) is 7.43. The molecule has 3 aromatic carbocycles. The quantitative estimate of drug-likeness (QED) is 0.216. The number of carbonyl (C=O) groups excluding carboxylic acids is 3. The zero-order valence-corrected chi connectivity index (χ0v) is 27.3. The summed E-state index contributed by atoms with van der Waals surface area (Å²) in [5.74, 6) is -2.21. The highest BCUT2D eigenvalue weighted by molar-refractivity contribution is 6.31. The summed E-state index contributed by atoms with van der Waals surface area (Å²) >= 11 is 13.0. The Bertz CT molecular complexity index is 1640. The lowest BCUT2D eigenvalue weighted by atomic mass is 9.59. The maximum atomic E-state index is 14.8. The fourth-order valence-electron chi connectivity index (χ4n) is 7.08. The molecule has 1 saturated heterocycles. The van der Waals surface area contributed by atoms with Gasteiger partial charge in [-0.25, -0.2) is 9.18 Å². The molecule has 1 spiro atoms. The number of anilines is 1. The molecule has 2 aliphatic heterocycles. The second-order valence-corrected chi connectivity index (χ2v) is 12.6. The molecule has 2 amide bonds. The first-order valence-electron chi connectivity index (χ1n) is 15.3. The highest BCUT2D eigenvalue weighted by atomic mass is 35.5. The maximum Gasteiger partial charge on any atom is 0.350 e. The topological polar surface area (TPSA) is 93.7 Å². The van der Waals surface area contributed by atoms with E-state index < -0.39 is 34.8 Å². The van der Waals surface area contributed by atoms with E-state index >= 15 is 0 Å². The van der Waals surface area contributed by atoms with E-state index in [1.54, 1.807) is 49.4 Å². The van der Waals surface area contributed by atoms with E-state index in [-0.39, 0.29) is 24.8 Å². The summed E-state index contributed by atoms with van der Waals surface area (Å²) in [5, 5.41) is 6.80. The van der Waals surface area contributed by atoms with Gasteiger partial charge < -0.3 is 20.1 Å². The minimum Gasteiger partial charge on any atom is -0.475 e. The van der Waals surface area contributed by atoms with Crippen molar-refractivity contribution in [3.63, 3.8) is 0 Å². The summed E-state index contributed by atoms with van der Waals surface area (Å²) in [6, 6.07) is 13.5. The normalized spacial score (nSPS) is 20.9. The highest BCUT2D eigenvalue weighted by Crippen LogP contribution is 2.59. The molecule has 5 rings (SSSR count). The number of nitrogens with one attached hydrogen (secondary N) is 2.